The van der Waals surface area contributed by atoms with Gasteiger partial charge in [-0.3, -0.25) is 4.79 Å². The third-order valence-electron chi connectivity index (χ3n) is 2.80. The maximum absolute atomic E-state index is 13.2. The third-order valence-corrected chi connectivity index (χ3v) is 3.46. The highest BCUT2D eigenvalue weighted by atomic mass is 79.9. The van der Waals surface area contributed by atoms with Gasteiger partial charge in [0.2, 0.25) is 0 Å². The zero-order valence-electron chi connectivity index (χ0n) is 11.4. The molecule has 0 aliphatic heterocycles. The number of hydrogen-bond donors (Lipinski definition) is 1. The molecule has 1 amide bonds. The van der Waals surface area contributed by atoms with Crippen LogP contribution in [0, 0.1) is 5.82 Å². The van der Waals surface area contributed by atoms with Crippen LogP contribution in [0.4, 0.5) is 10.1 Å². The second kappa shape index (κ2) is 6.69. The summed E-state index contributed by atoms with van der Waals surface area (Å²) in [5.74, 6) is -1.70. The highest BCUT2D eigenvalue weighted by molar-refractivity contribution is 9.10. The number of esters is 1. The van der Waals surface area contributed by atoms with Gasteiger partial charge in [-0.2, -0.15) is 0 Å². The number of nitrogen functional groups attached to an aromatic ring is 1. The van der Waals surface area contributed by atoms with E-state index in [0.29, 0.717) is 0 Å². The van der Waals surface area contributed by atoms with E-state index in [2.05, 4.69) is 15.9 Å². The summed E-state index contributed by atoms with van der Waals surface area (Å²) in [7, 11) is 1.62. The van der Waals surface area contributed by atoms with Crippen LogP contribution in [0.3, 0.4) is 0 Å². The van der Waals surface area contributed by atoms with Crippen molar-refractivity contribution in [3.8, 4) is 0 Å². The van der Waals surface area contributed by atoms with E-state index in [0.717, 1.165) is 6.07 Å². The minimum absolute atomic E-state index is 0.00871. The van der Waals surface area contributed by atoms with E-state index < -0.39 is 11.8 Å². The van der Waals surface area contributed by atoms with Crippen molar-refractivity contribution in [3.05, 3.63) is 28.0 Å². The van der Waals surface area contributed by atoms with Crippen LogP contribution in [0.15, 0.2) is 16.6 Å². The molecule has 0 spiro atoms. The number of benzene rings is 1. The Hall–Kier alpha value is -1.63. The lowest BCUT2D eigenvalue weighted by Gasteiger charge is -2.21. The van der Waals surface area contributed by atoms with E-state index in [1.165, 1.54) is 11.0 Å². The number of hydrogen-bond acceptors (Lipinski definition) is 4. The molecule has 0 saturated heterocycles. The maximum atomic E-state index is 13.2. The van der Waals surface area contributed by atoms with Crippen LogP contribution in [-0.4, -0.2) is 36.5 Å². The minimum atomic E-state index is -0.742. The molecular formula is C13H16BrFN2O3. The van der Waals surface area contributed by atoms with Crippen molar-refractivity contribution in [1.82, 2.24) is 4.90 Å². The molecule has 0 aromatic heterocycles. The molecule has 0 unspecified atom stereocenters. The first-order chi connectivity index (χ1) is 9.23. The number of nitrogens with two attached hydrogens (primary N) is 1. The monoisotopic (exact) mass is 346 g/mol. The molecule has 1 aromatic carbocycles. The lowest BCUT2D eigenvalue weighted by Crippen LogP contribution is -2.36. The number of nitrogens with zero attached hydrogens (tertiary/aromatic N) is 1. The average molecular weight is 347 g/mol. The summed E-state index contributed by atoms with van der Waals surface area (Å²) in [5, 5.41) is 0. The molecule has 1 aromatic rings. The van der Waals surface area contributed by atoms with Gasteiger partial charge in [0.25, 0.3) is 5.91 Å². The van der Waals surface area contributed by atoms with Crippen LogP contribution in [0.1, 0.15) is 24.2 Å². The van der Waals surface area contributed by atoms with Gasteiger partial charge in [-0.15, -0.1) is 0 Å². The summed E-state index contributed by atoms with van der Waals surface area (Å²) in [4.78, 5) is 25.0. The normalized spacial score (nSPS) is 10.5. The molecule has 0 heterocycles. The Kier molecular flexibility index (Phi) is 5.50. The van der Waals surface area contributed by atoms with E-state index in [1.807, 2.05) is 13.8 Å². The van der Waals surface area contributed by atoms with Gasteiger partial charge in [-0.25, -0.2) is 9.18 Å². The lowest BCUT2D eigenvalue weighted by atomic mass is 10.2. The molecule has 0 aliphatic rings. The van der Waals surface area contributed by atoms with Gasteiger partial charge in [0.15, 0.2) is 6.61 Å². The fourth-order valence-corrected chi connectivity index (χ4v) is 1.79. The summed E-state index contributed by atoms with van der Waals surface area (Å²) < 4.78 is 18.3. The summed E-state index contributed by atoms with van der Waals surface area (Å²) >= 11 is 3.05. The van der Waals surface area contributed by atoms with Crippen molar-refractivity contribution < 1.29 is 18.7 Å². The molecule has 0 bridgehead atoms. The molecule has 0 aliphatic carbocycles. The van der Waals surface area contributed by atoms with Crippen molar-refractivity contribution in [3.63, 3.8) is 0 Å². The molecular weight excluding hydrogens is 331 g/mol. The summed E-state index contributed by atoms with van der Waals surface area (Å²) in [6.45, 7) is 3.31. The number of carbonyl (C=O) groups is 2. The molecule has 0 atom stereocenters. The first-order valence-electron chi connectivity index (χ1n) is 5.91. The van der Waals surface area contributed by atoms with Crippen LogP contribution in [-0.2, 0) is 9.53 Å². The number of rotatable bonds is 4. The van der Waals surface area contributed by atoms with Gasteiger partial charge < -0.3 is 15.4 Å². The Balaban J connectivity index is 2.73. The second-order valence-electron chi connectivity index (χ2n) is 4.53. The predicted octanol–water partition coefficient (Wildman–Crippen LogP) is 2.19. The molecule has 110 valence electrons. The van der Waals surface area contributed by atoms with Gasteiger partial charge in [-0.05, 0) is 41.9 Å². The van der Waals surface area contributed by atoms with E-state index in [1.54, 1.807) is 7.05 Å². The van der Waals surface area contributed by atoms with Gasteiger partial charge in [-0.1, -0.05) is 0 Å². The standard InChI is InChI=1S/C13H16BrFN2O3/c1-7(2)17(3)12(18)6-20-13(19)8-4-11(16)10(15)5-9(8)14/h4-5,7H,6,16H2,1-3H3. The van der Waals surface area contributed by atoms with Gasteiger partial charge in [0.05, 0.1) is 11.3 Å². The lowest BCUT2D eigenvalue weighted by molar-refractivity contribution is -0.134. The molecule has 20 heavy (non-hydrogen) atoms. The van der Waals surface area contributed by atoms with Crippen LogP contribution in [0.25, 0.3) is 0 Å². The molecule has 0 radical (unpaired) electrons. The average Bonchev–Trinajstić information content (AvgIpc) is 2.38. The Bertz CT molecular complexity index is 535. The number of ether oxygens (including phenoxy) is 1. The van der Waals surface area contributed by atoms with E-state index >= 15 is 0 Å². The number of likely N-dealkylation sites (N-methyl/N-ethyl adjacent to an activating group) is 1. The molecule has 7 heteroatoms. The van der Waals surface area contributed by atoms with E-state index in [4.69, 9.17) is 10.5 Å². The van der Waals surface area contributed by atoms with Crippen LogP contribution < -0.4 is 5.73 Å². The predicted molar refractivity (Wildman–Crippen MR) is 76.7 cm³/mol. The van der Waals surface area contributed by atoms with Gasteiger partial charge in [0, 0.05) is 17.6 Å². The molecule has 5 nitrogen and oxygen atoms in total. The quantitative estimate of drug-likeness (QED) is 0.669. The van der Waals surface area contributed by atoms with Crippen LogP contribution in [0.2, 0.25) is 0 Å². The Morgan fingerprint density at radius 3 is 2.60 bits per heavy atom. The highest BCUT2D eigenvalue weighted by Crippen LogP contribution is 2.23. The van der Waals surface area contributed by atoms with E-state index in [-0.39, 0.29) is 34.3 Å². The summed E-state index contributed by atoms with van der Waals surface area (Å²) in [5.41, 5.74) is 5.30. The maximum Gasteiger partial charge on any atom is 0.339 e. The fraction of sp³-hybridized carbons (Fsp3) is 0.385. The fourth-order valence-electron chi connectivity index (χ4n) is 1.32. The smallest absolute Gasteiger partial charge is 0.339 e. The van der Waals surface area contributed by atoms with Crippen molar-refractivity contribution in [1.29, 1.82) is 0 Å². The van der Waals surface area contributed by atoms with Crippen molar-refractivity contribution >= 4 is 33.5 Å². The van der Waals surface area contributed by atoms with Gasteiger partial charge >= 0.3 is 5.97 Å². The molecule has 2 N–H and O–H groups in total. The second-order valence-corrected chi connectivity index (χ2v) is 5.38. The van der Waals surface area contributed by atoms with E-state index in [9.17, 15) is 14.0 Å². The molecule has 0 saturated carbocycles. The Morgan fingerprint density at radius 1 is 1.45 bits per heavy atom. The Labute approximate surface area is 125 Å². The number of anilines is 1. The number of carbonyl (C=O) groups excluding carboxylic acids is 2. The number of halogens is 2. The zero-order chi connectivity index (χ0) is 15.4. The number of amides is 1. The Morgan fingerprint density at radius 2 is 2.05 bits per heavy atom. The SMILES string of the molecule is CC(C)N(C)C(=O)COC(=O)c1cc(N)c(F)cc1Br. The molecule has 0 fully saturated rings. The molecule has 1 rings (SSSR count). The van der Waals surface area contributed by atoms with Crippen LogP contribution >= 0.6 is 15.9 Å². The third kappa shape index (κ3) is 3.93. The first-order valence-corrected chi connectivity index (χ1v) is 6.70. The van der Waals surface area contributed by atoms with Crippen molar-refractivity contribution in [2.75, 3.05) is 19.4 Å². The van der Waals surface area contributed by atoms with Gasteiger partial charge in [0.1, 0.15) is 5.82 Å². The minimum Gasteiger partial charge on any atom is -0.452 e. The summed E-state index contributed by atoms with van der Waals surface area (Å²) in [6.07, 6.45) is 0. The zero-order valence-corrected chi connectivity index (χ0v) is 13.0. The first kappa shape index (κ1) is 16.4. The van der Waals surface area contributed by atoms with Crippen molar-refractivity contribution in [2.24, 2.45) is 0 Å². The van der Waals surface area contributed by atoms with Crippen LogP contribution in [0.5, 0.6) is 0 Å². The van der Waals surface area contributed by atoms with Crippen molar-refractivity contribution in [2.45, 2.75) is 19.9 Å². The summed E-state index contributed by atoms with van der Waals surface area (Å²) in [6, 6.07) is 2.25. The highest BCUT2D eigenvalue weighted by Gasteiger charge is 2.18. The largest absolute Gasteiger partial charge is 0.452 e. The topological polar surface area (TPSA) is 72.6 Å².